The fourth-order valence-corrected chi connectivity index (χ4v) is 1.29. The van der Waals surface area contributed by atoms with Crippen molar-refractivity contribution >= 4 is 5.91 Å². The number of hydrogen-bond donors (Lipinski definition) is 1. The summed E-state index contributed by atoms with van der Waals surface area (Å²) in [6.07, 6.45) is 0.618. The Morgan fingerprint density at radius 3 is 2.92 bits per heavy atom. The molecule has 0 aromatic carbocycles. The fourth-order valence-electron chi connectivity index (χ4n) is 1.29. The number of nitrogens with one attached hydrogen (secondary N) is 1. The van der Waals surface area contributed by atoms with Crippen molar-refractivity contribution < 1.29 is 9.53 Å². The number of amides is 1. The van der Waals surface area contributed by atoms with Crippen molar-refractivity contribution in [3.05, 3.63) is 0 Å². The van der Waals surface area contributed by atoms with Crippen molar-refractivity contribution in [2.45, 2.75) is 25.5 Å². The van der Waals surface area contributed by atoms with E-state index in [2.05, 4.69) is 5.32 Å². The van der Waals surface area contributed by atoms with Crippen LogP contribution >= 0.6 is 0 Å². The zero-order valence-electron chi connectivity index (χ0n) is 8.54. The van der Waals surface area contributed by atoms with Crippen molar-refractivity contribution in [2.24, 2.45) is 0 Å². The van der Waals surface area contributed by atoms with Crippen LogP contribution in [0.4, 0.5) is 0 Å². The number of carbonyl (C=O) groups excluding carboxylic acids is 1. The molecule has 0 aromatic heterocycles. The van der Waals surface area contributed by atoms with Gasteiger partial charge in [-0.05, 0) is 14.0 Å². The van der Waals surface area contributed by atoms with E-state index < -0.39 is 0 Å². The van der Waals surface area contributed by atoms with Crippen LogP contribution in [0.25, 0.3) is 0 Å². The number of likely N-dealkylation sites (tertiary alicyclic amines) is 1. The third kappa shape index (κ3) is 2.67. The first-order chi connectivity index (χ1) is 6.15. The van der Waals surface area contributed by atoms with Crippen LogP contribution in [-0.4, -0.2) is 50.2 Å². The molecule has 4 heteroatoms. The SMILES string of the molecule is CNC(C)COC1CCN(C)C1=O. The molecule has 2 unspecified atom stereocenters. The molecule has 0 aromatic rings. The molecular formula is C9H18N2O2. The maximum absolute atomic E-state index is 11.4. The second-order valence-corrected chi connectivity index (χ2v) is 3.56. The molecule has 1 aliphatic rings. The number of nitrogens with zero attached hydrogens (tertiary/aromatic N) is 1. The van der Waals surface area contributed by atoms with Gasteiger partial charge in [-0.1, -0.05) is 0 Å². The van der Waals surface area contributed by atoms with E-state index in [4.69, 9.17) is 4.74 Å². The van der Waals surface area contributed by atoms with Gasteiger partial charge in [-0.2, -0.15) is 0 Å². The van der Waals surface area contributed by atoms with Gasteiger partial charge < -0.3 is 15.0 Å². The molecule has 0 saturated carbocycles. The van der Waals surface area contributed by atoms with E-state index in [1.807, 2.05) is 21.0 Å². The lowest BCUT2D eigenvalue weighted by molar-refractivity contribution is -0.136. The highest BCUT2D eigenvalue weighted by Crippen LogP contribution is 2.12. The van der Waals surface area contributed by atoms with Gasteiger partial charge in [0.1, 0.15) is 6.10 Å². The molecule has 4 nitrogen and oxygen atoms in total. The maximum atomic E-state index is 11.4. The zero-order chi connectivity index (χ0) is 9.84. The van der Waals surface area contributed by atoms with E-state index >= 15 is 0 Å². The lowest BCUT2D eigenvalue weighted by atomic mass is 10.3. The van der Waals surface area contributed by atoms with Crippen LogP contribution in [0.2, 0.25) is 0 Å². The monoisotopic (exact) mass is 186 g/mol. The van der Waals surface area contributed by atoms with Crippen molar-refractivity contribution in [1.82, 2.24) is 10.2 Å². The molecule has 0 spiro atoms. The number of hydrogen-bond acceptors (Lipinski definition) is 3. The van der Waals surface area contributed by atoms with Crippen molar-refractivity contribution in [3.63, 3.8) is 0 Å². The van der Waals surface area contributed by atoms with Crippen LogP contribution in [0.15, 0.2) is 0 Å². The smallest absolute Gasteiger partial charge is 0.251 e. The highest BCUT2D eigenvalue weighted by Gasteiger charge is 2.29. The van der Waals surface area contributed by atoms with Crippen LogP contribution < -0.4 is 5.32 Å². The Morgan fingerprint density at radius 1 is 1.77 bits per heavy atom. The maximum Gasteiger partial charge on any atom is 0.251 e. The molecule has 76 valence electrons. The van der Waals surface area contributed by atoms with E-state index in [0.29, 0.717) is 12.6 Å². The van der Waals surface area contributed by atoms with Crippen LogP contribution in [0.1, 0.15) is 13.3 Å². The van der Waals surface area contributed by atoms with Gasteiger partial charge in [0, 0.05) is 26.1 Å². The summed E-state index contributed by atoms with van der Waals surface area (Å²) in [7, 11) is 3.70. The van der Waals surface area contributed by atoms with Gasteiger partial charge in [0.25, 0.3) is 5.91 Å². The first kappa shape index (κ1) is 10.5. The third-order valence-corrected chi connectivity index (χ3v) is 2.42. The highest BCUT2D eigenvalue weighted by molar-refractivity contribution is 5.82. The normalized spacial score (nSPS) is 25.3. The van der Waals surface area contributed by atoms with Crippen LogP contribution in [0.5, 0.6) is 0 Å². The van der Waals surface area contributed by atoms with Gasteiger partial charge in [0.2, 0.25) is 0 Å². The number of ether oxygens (including phenoxy) is 1. The summed E-state index contributed by atoms with van der Waals surface area (Å²) in [5, 5.41) is 3.07. The standard InChI is InChI=1S/C9H18N2O2/c1-7(10-2)6-13-8-4-5-11(3)9(8)12/h7-8,10H,4-6H2,1-3H3. The summed E-state index contributed by atoms with van der Waals surface area (Å²) >= 11 is 0. The second-order valence-electron chi connectivity index (χ2n) is 3.56. The van der Waals surface area contributed by atoms with Crippen molar-refractivity contribution in [2.75, 3.05) is 27.2 Å². The number of likely N-dealkylation sites (N-methyl/N-ethyl adjacent to an activating group) is 2. The molecule has 0 bridgehead atoms. The molecule has 1 saturated heterocycles. The molecule has 1 heterocycles. The molecule has 1 aliphatic heterocycles. The molecule has 1 amide bonds. The lowest BCUT2D eigenvalue weighted by Gasteiger charge is -2.14. The van der Waals surface area contributed by atoms with Crippen LogP contribution in [-0.2, 0) is 9.53 Å². The summed E-state index contributed by atoms with van der Waals surface area (Å²) in [5.74, 6) is 0.114. The Balaban J connectivity index is 2.26. The van der Waals surface area contributed by atoms with E-state index in [0.717, 1.165) is 13.0 Å². The zero-order valence-corrected chi connectivity index (χ0v) is 8.54. The fraction of sp³-hybridized carbons (Fsp3) is 0.889. The van der Waals surface area contributed by atoms with Crippen molar-refractivity contribution in [1.29, 1.82) is 0 Å². The lowest BCUT2D eigenvalue weighted by Crippen LogP contribution is -2.33. The van der Waals surface area contributed by atoms with Gasteiger partial charge >= 0.3 is 0 Å². The molecule has 0 aliphatic carbocycles. The Hall–Kier alpha value is -0.610. The van der Waals surface area contributed by atoms with Crippen LogP contribution in [0.3, 0.4) is 0 Å². The summed E-state index contributed by atoms with van der Waals surface area (Å²) in [6, 6.07) is 0.304. The average Bonchev–Trinajstić information content (AvgIpc) is 2.44. The summed E-state index contributed by atoms with van der Waals surface area (Å²) < 4.78 is 5.48. The van der Waals surface area contributed by atoms with Gasteiger partial charge in [0.05, 0.1) is 6.61 Å². The Kier molecular flexibility index (Phi) is 3.69. The molecule has 2 atom stereocenters. The topological polar surface area (TPSA) is 41.6 Å². The molecule has 0 radical (unpaired) electrons. The number of rotatable bonds is 4. The van der Waals surface area contributed by atoms with Crippen LogP contribution in [0, 0.1) is 0 Å². The molecule has 1 fully saturated rings. The Labute approximate surface area is 79.2 Å². The van der Waals surface area contributed by atoms with E-state index in [9.17, 15) is 4.79 Å². The van der Waals surface area contributed by atoms with Crippen molar-refractivity contribution in [3.8, 4) is 0 Å². The summed E-state index contributed by atoms with van der Waals surface area (Å²) in [6.45, 7) is 3.45. The molecule has 1 rings (SSSR count). The predicted molar refractivity (Wildman–Crippen MR) is 50.5 cm³/mol. The average molecular weight is 186 g/mol. The first-order valence-corrected chi connectivity index (χ1v) is 4.69. The predicted octanol–water partition coefficient (Wildman–Crippen LogP) is -0.158. The largest absolute Gasteiger partial charge is 0.367 e. The van der Waals surface area contributed by atoms with Gasteiger partial charge in [-0.3, -0.25) is 4.79 Å². The second kappa shape index (κ2) is 4.58. The van der Waals surface area contributed by atoms with Gasteiger partial charge in [-0.25, -0.2) is 0 Å². The summed E-state index contributed by atoms with van der Waals surface area (Å²) in [4.78, 5) is 13.1. The van der Waals surface area contributed by atoms with E-state index in [-0.39, 0.29) is 12.0 Å². The highest BCUT2D eigenvalue weighted by atomic mass is 16.5. The van der Waals surface area contributed by atoms with Gasteiger partial charge in [-0.15, -0.1) is 0 Å². The minimum absolute atomic E-state index is 0.114. The quantitative estimate of drug-likeness (QED) is 0.663. The summed E-state index contributed by atoms with van der Waals surface area (Å²) in [5.41, 5.74) is 0. The minimum Gasteiger partial charge on any atom is -0.367 e. The molecule has 13 heavy (non-hydrogen) atoms. The van der Waals surface area contributed by atoms with E-state index in [1.54, 1.807) is 4.90 Å². The molecule has 1 N–H and O–H groups in total. The molecular weight excluding hydrogens is 168 g/mol. The number of carbonyl (C=O) groups is 1. The Bertz CT molecular complexity index is 184. The van der Waals surface area contributed by atoms with E-state index in [1.165, 1.54) is 0 Å². The third-order valence-electron chi connectivity index (χ3n) is 2.42. The first-order valence-electron chi connectivity index (χ1n) is 4.69. The minimum atomic E-state index is -0.208. The van der Waals surface area contributed by atoms with Gasteiger partial charge in [0.15, 0.2) is 0 Å². The Morgan fingerprint density at radius 2 is 2.46 bits per heavy atom.